The van der Waals surface area contributed by atoms with E-state index in [2.05, 4.69) is 20.9 Å². The Morgan fingerprint density at radius 2 is 1.64 bits per heavy atom. The first-order chi connectivity index (χ1) is 17.4. The Hall–Kier alpha value is -4.50. The summed E-state index contributed by atoms with van der Waals surface area (Å²) in [7, 11) is 1.60. The van der Waals surface area contributed by atoms with Crippen molar-refractivity contribution >= 4 is 45.1 Å². The van der Waals surface area contributed by atoms with Gasteiger partial charge in [0.05, 0.1) is 13.7 Å². The fraction of sp³-hybridized carbons (Fsp3) is 0.111. The Morgan fingerprint density at radius 1 is 0.944 bits per heavy atom. The normalized spacial score (nSPS) is 10.8. The molecule has 4 rings (SSSR count). The highest BCUT2D eigenvalue weighted by molar-refractivity contribution is 7.19. The van der Waals surface area contributed by atoms with E-state index in [1.807, 2.05) is 54.6 Å². The Labute approximate surface area is 212 Å². The van der Waals surface area contributed by atoms with Crippen molar-refractivity contribution in [1.29, 1.82) is 0 Å². The summed E-state index contributed by atoms with van der Waals surface area (Å²) in [6, 6.07) is 23.3. The van der Waals surface area contributed by atoms with E-state index in [-0.39, 0.29) is 28.6 Å². The Kier molecular flexibility index (Phi) is 7.72. The lowest BCUT2D eigenvalue weighted by Crippen LogP contribution is -2.10. The molecule has 0 aliphatic carbocycles. The zero-order chi connectivity index (χ0) is 25.5. The largest absolute Gasteiger partial charge is 0.504 e. The second-order valence-electron chi connectivity index (χ2n) is 7.78. The van der Waals surface area contributed by atoms with Crippen molar-refractivity contribution in [2.45, 2.75) is 13.5 Å². The lowest BCUT2D eigenvalue weighted by molar-refractivity contribution is 0.101. The number of amides is 1. The smallest absolute Gasteiger partial charge is 0.269 e. The van der Waals surface area contributed by atoms with Crippen LogP contribution in [-0.2, 0) is 6.54 Å². The maximum absolute atomic E-state index is 13.0. The van der Waals surface area contributed by atoms with Crippen LogP contribution in [0.1, 0.15) is 32.5 Å². The van der Waals surface area contributed by atoms with Crippen LogP contribution >= 0.6 is 11.3 Å². The highest BCUT2D eigenvalue weighted by Gasteiger charge is 2.23. The summed E-state index contributed by atoms with van der Waals surface area (Å²) in [5, 5.41) is 25.8. The summed E-state index contributed by atoms with van der Waals surface area (Å²) in [6.07, 6.45) is 0. The molecular weight excluding hydrogens is 476 g/mol. The Morgan fingerprint density at radius 3 is 2.28 bits per heavy atom. The highest BCUT2D eigenvalue weighted by Crippen LogP contribution is 2.47. The Balaban J connectivity index is 1.59. The van der Waals surface area contributed by atoms with Gasteiger partial charge in [-0.15, -0.1) is 16.5 Å². The molecule has 3 aromatic carbocycles. The van der Waals surface area contributed by atoms with E-state index in [9.17, 15) is 14.7 Å². The maximum atomic E-state index is 13.0. The van der Waals surface area contributed by atoms with E-state index in [1.54, 1.807) is 31.4 Å². The molecule has 0 bridgehead atoms. The lowest BCUT2D eigenvalue weighted by Gasteiger charge is -2.04. The molecule has 0 saturated heterocycles. The number of benzene rings is 3. The summed E-state index contributed by atoms with van der Waals surface area (Å²) in [5.74, 6) is -0.0901. The van der Waals surface area contributed by atoms with Crippen molar-refractivity contribution in [2.75, 3.05) is 17.7 Å². The lowest BCUT2D eigenvalue weighted by atomic mass is 10.1. The fourth-order valence-electron chi connectivity index (χ4n) is 3.29. The third-order valence-corrected chi connectivity index (χ3v) is 6.31. The van der Waals surface area contributed by atoms with Gasteiger partial charge in [-0.3, -0.25) is 9.59 Å². The molecule has 3 N–H and O–H groups in total. The first-order valence-electron chi connectivity index (χ1n) is 11.0. The summed E-state index contributed by atoms with van der Waals surface area (Å²) in [4.78, 5) is 24.6. The number of hydrogen-bond donors (Lipinski definition) is 3. The number of methoxy groups -OCH3 is 1. The first kappa shape index (κ1) is 24.6. The highest BCUT2D eigenvalue weighted by atomic mass is 32.1. The molecule has 0 unspecified atom stereocenters. The molecule has 0 aliphatic heterocycles. The van der Waals surface area contributed by atoms with Gasteiger partial charge in [-0.05, 0) is 61.0 Å². The third kappa shape index (κ3) is 5.94. The minimum absolute atomic E-state index is 0.0648. The molecule has 0 saturated carbocycles. The molecule has 1 amide bonds. The second kappa shape index (κ2) is 11.3. The number of ether oxygens (including phenoxy) is 1. The number of para-hydroxylation sites is 1. The van der Waals surface area contributed by atoms with Crippen LogP contribution in [0.5, 0.6) is 11.5 Å². The van der Waals surface area contributed by atoms with Gasteiger partial charge in [-0.2, -0.15) is 5.11 Å². The topological polar surface area (TPSA) is 112 Å². The van der Waals surface area contributed by atoms with Gasteiger partial charge >= 0.3 is 0 Å². The van der Waals surface area contributed by atoms with Crippen LogP contribution in [0.2, 0.25) is 0 Å². The maximum Gasteiger partial charge on any atom is 0.269 e. The Bertz CT molecular complexity index is 1380. The average molecular weight is 501 g/mol. The molecule has 0 radical (unpaired) electrons. The van der Waals surface area contributed by atoms with Crippen molar-refractivity contribution in [3.05, 3.63) is 94.9 Å². The molecule has 1 aromatic heterocycles. The van der Waals surface area contributed by atoms with Gasteiger partial charge in [0.15, 0.2) is 17.2 Å². The van der Waals surface area contributed by atoms with Crippen LogP contribution in [0.25, 0.3) is 0 Å². The van der Waals surface area contributed by atoms with E-state index >= 15 is 0 Å². The number of thiophene rings is 1. The molecule has 182 valence electrons. The molecule has 9 heteroatoms. The van der Waals surface area contributed by atoms with E-state index < -0.39 is 5.91 Å². The predicted octanol–water partition coefficient (Wildman–Crippen LogP) is 6.94. The van der Waals surface area contributed by atoms with Crippen LogP contribution in [0.4, 0.5) is 22.1 Å². The van der Waals surface area contributed by atoms with E-state index in [1.165, 1.54) is 6.92 Å². The third-order valence-electron chi connectivity index (χ3n) is 5.23. The molecule has 4 aromatic rings. The number of anilines is 3. The number of ketones is 1. The number of aromatic hydroxyl groups is 1. The van der Waals surface area contributed by atoms with Gasteiger partial charge in [-0.25, -0.2) is 0 Å². The fourth-order valence-corrected chi connectivity index (χ4v) is 4.24. The number of Topliss-reactive ketones (excluding diaryl/α,β-unsaturated/α-hetero) is 1. The summed E-state index contributed by atoms with van der Waals surface area (Å²) in [6.45, 7) is 1.76. The second-order valence-corrected chi connectivity index (χ2v) is 8.80. The molecular formula is C27H24N4O4S. The molecule has 0 fully saturated rings. The summed E-state index contributed by atoms with van der Waals surface area (Å²) in [5.41, 5.74) is 2.91. The van der Waals surface area contributed by atoms with Crippen LogP contribution in [-0.4, -0.2) is 23.9 Å². The van der Waals surface area contributed by atoms with Gasteiger partial charge < -0.3 is 20.5 Å². The number of nitrogens with one attached hydrogen (secondary N) is 2. The molecule has 8 nitrogen and oxygen atoms in total. The van der Waals surface area contributed by atoms with Gasteiger partial charge in [0, 0.05) is 16.9 Å². The van der Waals surface area contributed by atoms with Crippen molar-refractivity contribution in [3.63, 3.8) is 0 Å². The quantitative estimate of drug-likeness (QED) is 0.170. The van der Waals surface area contributed by atoms with Crippen LogP contribution < -0.4 is 15.4 Å². The summed E-state index contributed by atoms with van der Waals surface area (Å²) < 4.78 is 5.17. The van der Waals surface area contributed by atoms with Crippen molar-refractivity contribution in [1.82, 2.24) is 0 Å². The number of nitrogens with zero attached hydrogens (tertiary/aromatic N) is 2. The molecule has 0 atom stereocenters. The van der Waals surface area contributed by atoms with Gasteiger partial charge in [0.25, 0.3) is 5.91 Å². The number of carbonyl (C=O) groups excluding carboxylic acids is 2. The molecule has 0 spiro atoms. The molecule has 1 heterocycles. The first-order valence-corrected chi connectivity index (χ1v) is 11.9. The van der Waals surface area contributed by atoms with Gasteiger partial charge in [0.1, 0.15) is 15.6 Å². The standard InChI is InChI=1S/C27H24N4O4S/c1-17(32)19-10-12-21(13-11-19)29-26(34)25-24(33)23(27(36-25)30-20-6-4-3-5-7-20)31-28-16-18-8-14-22(35-2)15-9-18/h3-15,30,33H,16H2,1-2H3,(H,29,34). The van der Waals surface area contributed by atoms with E-state index in [0.29, 0.717) is 16.3 Å². The molecule has 36 heavy (non-hydrogen) atoms. The van der Waals surface area contributed by atoms with Crippen molar-refractivity contribution in [2.24, 2.45) is 10.2 Å². The zero-order valence-corrected chi connectivity index (χ0v) is 20.5. The van der Waals surface area contributed by atoms with Crippen molar-refractivity contribution < 1.29 is 19.4 Å². The minimum Gasteiger partial charge on any atom is -0.504 e. The monoisotopic (exact) mass is 500 g/mol. The van der Waals surface area contributed by atoms with E-state index in [4.69, 9.17) is 4.74 Å². The summed E-state index contributed by atoms with van der Waals surface area (Å²) >= 11 is 1.07. The van der Waals surface area contributed by atoms with Crippen LogP contribution in [0.15, 0.2) is 89.1 Å². The van der Waals surface area contributed by atoms with E-state index in [0.717, 1.165) is 28.3 Å². The number of rotatable bonds is 9. The van der Waals surface area contributed by atoms with Crippen LogP contribution in [0, 0.1) is 0 Å². The van der Waals surface area contributed by atoms with Crippen LogP contribution in [0.3, 0.4) is 0 Å². The number of carbonyl (C=O) groups is 2. The molecule has 0 aliphatic rings. The SMILES string of the molecule is COc1ccc(CN=Nc2c(Nc3ccccc3)sc(C(=O)Nc3ccc(C(C)=O)cc3)c2O)cc1. The predicted molar refractivity (Wildman–Crippen MR) is 141 cm³/mol. The minimum atomic E-state index is -0.499. The zero-order valence-electron chi connectivity index (χ0n) is 19.7. The average Bonchev–Trinajstić information content (AvgIpc) is 3.20. The van der Waals surface area contributed by atoms with Gasteiger partial charge in [-0.1, -0.05) is 30.3 Å². The van der Waals surface area contributed by atoms with Gasteiger partial charge in [0.2, 0.25) is 0 Å². The number of azo groups is 1. The number of hydrogen-bond acceptors (Lipinski definition) is 8. The van der Waals surface area contributed by atoms with Crippen molar-refractivity contribution in [3.8, 4) is 11.5 Å².